The molecule has 0 bridgehead atoms. The number of aryl methyl sites for hydroxylation is 1. The van der Waals surface area contributed by atoms with Crippen LogP contribution in [0.1, 0.15) is 20.8 Å². The largest absolute Gasteiger partial charge is 0.289 e. The minimum Gasteiger partial charge on any atom is -0.289 e. The molecule has 0 spiro atoms. The van der Waals surface area contributed by atoms with Gasteiger partial charge >= 0.3 is 0 Å². The maximum Gasteiger partial charge on any atom is 0.194 e. The van der Waals surface area contributed by atoms with E-state index >= 15 is 0 Å². The van der Waals surface area contributed by atoms with Crippen LogP contribution < -0.4 is 0 Å². The van der Waals surface area contributed by atoms with Crippen molar-refractivity contribution < 1.29 is 4.79 Å². The summed E-state index contributed by atoms with van der Waals surface area (Å²) in [5.41, 5.74) is 1.78. The minimum atomic E-state index is -0.186. The van der Waals surface area contributed by atoms with Crippen LogP contribution in [0.15, 0.2) is 40.1 Å². The quantitative estimate of drug-likeness (QED) is 0.253. The number of hydrogen-bond acceptors (Lipinski definition) is 4. The van der Waals surface area contributed by atoms with Crippen molar-refractivity contribution in [2.75, 3.05) is 0 Å². The zero-order valence-corrected chi connectivity index (χ0v) is 13.0. The summed E-state index contributed by atoms with van der Waals surface area (Å²) in [4.78, 5) is 13.4. The summed E-state index contributed by atoms with van der Waals surface area (Å²) in [6.07, 6.45) is 3.05. The number of thiocyanates is 1. The molecule has 0 atom stereocenters. The first-order chi connectivity index (χ1) is 8.88. The molecular weight excluding hydrogens is 298 g/mol. The number of halogens is 1. The van der Waals surface area contributed by atoms with Gasteiger partial charge in [0.15, 0.2) is 5.78 Å². The molecular formula is C14H12ClNOS2. The van der Waals surface area contributed by atoms with E-state index in [0.29, 0.717) is 20.4 Å². The summed E-state index contributed by atoms with van der Waals surface area (Å²) in [7, 11) is 0. The average Bonchev–Trinajstić information content (AvgIpc) is 2.61. The molecule has 0 saturated heterocycles. The Bertz CT molecular complexity index is 620. The lowest BCUT2D eigenvalue weighted by Crippen LogP contribution is -2.02. The molecule has 0 saturated carbocycles. The Morgan fingerprint density at radius 2 is 2.05 bits per heavy atom. The summed E-state index contributed by atoms with van der Waals surface area (Å²) < 4.78 is 0.710. The molecule has 0 aliphatic heterocycles. The van der Waals surface area contributed by atoms with Crippen molar-refractivity contribution in [1.82, 2.24) is 0 Å². The number of hydrogen-bond donors (Lipinski definition) is 0. The lowest BCUT2D eigenvalue weighted by atomic mass is 10.0. The number of rotatable bonds is 5. The number of nitrogens with zero attached hydrogens (tertiary/aromatic N) is 1. The van der Waals surface area contributed by atoms with Gasteiger partial charge in [-0.15, -0.1) is 11.3 Å². The Kier molecular flexibility index (Phi) is 5.61. The van der Waals surface area contributed by atoms with Crippen LogP contribution >= 0.6 is 34.7 Å². The highest BCUT2D eigenvalue weighted by Gasteiger charge is 2.20. The predicted molar refractivity (Wildman–Crippen MR) is 82.9 cm³/mol. The van der Waals surface area contributed by atoms with Crippen molar-refractivity contribution >= 4 is 40.5 Å². The summed E-state index contributed by atoms with van der Waals surface area (Å²) >= 11 is 8.06. The first-order valence-corrected chi connectivity index (χ1v) is 7.31. The van der Waals surface area contributed by atoms with Gasteiger partial charge in [0.2, 0.25) is 0 Å². The first kappa shape index (κ1) is 15.8. The fraction of sp³-hybridized carbons (Fsp3) is 0.143. The molecule has 1 aromatic heterocycles. The molecule has 5 heteroatoms. The number of nitriles is 1. The van der Waals surface area contributed by atoms with Crippen molar-refractivity contribution in [1.29, 1.82) is 5.26 Å². The summed E-state index contributed by atoms with van der Waals surface area (Å²) in [6.45, 7) is 11.0. The Labute approximate surface area is 126 Å². The molecule has 0 radical (unpaired) electrons. The van der Waals surface area contributed by atoms with Gasteiger partial charge < -0.3 is 0 Å². The predicted octanol–water partition coefficient (Wildman–Crippen LogP) is 4.99. The molecule has 0 fully saturated rings. The van der Waals surface area contributed by atoms with Gasteiger partial charge in [0.05, 0.1) is 9.77 Å². The second kappa shape index (κ2) is 6.76. The molecule has 1 aromatic rings. The molecule has 0 aliphatic carbocycles. The van der Waals surface area contributed by atoms with Gasteiger partial charge in [-0.1, -0.05) is 30.8 Å². The lowest BCUT2D eigenvalue weighted by Gasteiger charge is -2.02. The highest BCUT2D eigenvalue weighted by molar-refractivity contribution is 8.05. The van der Waals surface area contributed by atoms with Crippen molar-refractivity contribution in [3.8, 4) is 5.40 Å². The van der Waals surface area contributed by atoms with Crippen molar-refractivity contribution in [3.63, 3.8) is 0 Å². The molecule has 2 nitrogen and oxygen atoms in total. The lowest BCUT2D eigenvalue weighted by molar-refractivity contribution is 0.103. The highest BCUT2D eigenvalue weighted by atomic mass is 35.5. The molecule has 0 amide bonds. The average molecular weight is 310 g/mol. The molecule has 98 valence electrons. The van der Waals surface area contributed by atoms with Crippen LogP contribution in [-0.4, -0.2) is 5.78 Å². The van der Waals surface area contributed by atoms with Gasteiger partial charge in [-0.2, -0.15) is 5.26 Å². The van der Waals surface area contributed by atoms with Crippen LogP contribution in [0.25, 0.3) is 0 Å². The highest BCUT2D eigenvalue weighted by Crippen LogP contribution is 2.36. The molecule has 1 heterocycles. The Hall–Kier alpha value is -1.28. The standard InChI is InChI=1S/C14H12ClNOS2/c1-8(5-6-9(2)15)13(17)12-10(3)11(4)19-14(12)18-7-16/h5-6H,1-2H2,3-4H3/b6-5-. The van der Waals surface area contributed by atoms with E-state index in [4.69, 9.17) is 16.9 Å². The van der Waals surface area contributed by atoms with Gasteiger partial charge in [-0.05, 0) is 25.5 Å². The van der Waals surface area contributed by atoms with Gasteiger partial charge in [-0.3, -0.25) is 4.79 Å². The monoisotopic (exact) mass is 309 g/mol. The van der Waals surface area contributed by atoms with E-state index in [1.165, 1.54) is 23.5 Å². The fourth-order valence-corrected chi connectivity index (χ4v) is 3.43. The van der Waals surface area contributed by atoms with Gasteiger partial charge in [0.25, 0.3) is 0 Å². The number of thioether (sulfide) groups is 1. The van der Waals surface area contributed by atoms with E-state index in [0.717, 1.165) is 22.2 Å². The molecule has 1 rings (SSSR count). The van der Waals surface area contributed by atoms with Gasteiger partial charge in [-0.25, -0.2) is 0 Å². The minimum absolute atomic E-state index is 0.186. The number of Topliss-reactive ketones (excluding diaryl/α,β-unsaturated/α-hetero) is 1. The van der Waals surface area contributed by atoms with E-state index < -0.39 is 0 Å². The maximum absolute atomic E-state index is 12.3. The molecule has 0 aromatic carbocycles. The topological polar surface area (TPSA) is 40.9 Å². The number of allylic oxidation sites excluding steroid dienone is 4. The number of ketones is 1. The SMILES string of the molecule is C=C(Cl)/C=C\C(=C)C(=O)c1c(SC#N)sc(C)c1C. The van der Waals surface area contributed by atoms with Gasteiger partial charge in [0.1, 0.15) is 5.40 Å². The van der Waals surface area contributed by atoms with E-state index in [2.05, 4.69) is 13.2 Å². The van der Waals surface area contributed by atoms with Crippen molar-refractivity contribution in [2.45, 2.75) is 18.1 Å². The van der Waals surface area contributed by atoms with E-state index in [1.807, 2.05) is 19.2 Å². The number of carbonyl (C=O) groups excluding carboxylic acids is 1. The third kappa shape index (κ3) is 3.84. The van der Waals surface area contributed by atoms with Crippen LogP contribution in [0.4, 0.5) is 0 Å². The number of thiophene rings is 1. The van der Waals surface area contributed by atoms with Gasteiger partial charge in [0, 0.05) is 27.2 Å². The van der Waals surface area contributed by atoms with Crippen LogP contribution in [0.3, 0.4) is 0 Å². The first-order valence-electron chi connectivity index (χ1n) is 5.30. The molecule has 0 aliphatic rings. The Morgan fingerprint density at radius 1 is 1.42 bits per heavy atom. The van der Waals surface area contributed by atoms with Crippen molar-refractivity contribution in [2.24, 2.45) is 0 Å². The normalized spacial score (nSPS) is 10.4. The third-order valence-corrected chi connectivity index (χ3v) is 4.58. The summed E-state index contributed by atoms with van der Waals surface area (Å²) in [6, 6.07) is 0. The van der Waals surface area contributed by atoms with E-state index in [-0.39, 0.29) is 5.78 Å². The third-order valence-electron chi connectivity index (χ3n) is 2.48. The zero-order chi connectivity index (χ0) is 14.6. The van der Waals surface area contributed by atoms with Crippen molar-refractivity contribution in [3.05, 3.63) is 51.9 Å². The second-order valence-corrected chi connectivity index (χ2v) is 6.54. The van der Waals surface area contributed by atoms with Crippen LogP contribution in [0, 0.1) is 24.5 Å². The number of carbonyl (C=O) groups is 1. The smallest absolute Gasteiger partial charge is 0.194 e. The van der Waals surface area contributed by atoms with Crippen LogP contribution in [0.2, 0.25) is 0 Å². The maximum atomic E-state index is 12.3. The fourth-order valence-electron chi connectivity index (χ4n) is 1.40. The summed E-state index contributed by atoms with van der Waals surface area (Å²) in [5, 5.41) is 11.1. The summed E-state index contributed by atoms with van der Waals surface area (Å²) in [5.74, 6) is -0.186. The molecule has 0 unspecified atom stereocenters. The molecule has 19 heavy (non-hydrogen) atoms. The van der Waals surface area contributed by atoms with E-state index in [9.17, 15) is 4.79 Å². The molecule has 0 N–H and O–H groups in total. The van der Waals surface area contributed by atoms with E-state index in [1.54, 1.807) is 0 Å². The zero-order valence-electron chi connectivity index (χ0n) is 10.6. The van der Waals surface area contributed by atoms with Crippen LogP contribution in [-0.2, 0) is 0 Å². The Balaban J connectivity index is 3.16. The van der Waals surface area contributed by atoms with Crippen LogP contribution in [0.5, 0.6) is 0 Å². The second-order valence-electron chi connectivity index (χ2n) is 3.77. The Morgan fingerprint density at radius 3 is 2.58 bits per heavy atom.